The van der Waals surface area contributed by atoms with E-state index in [-0.39, 0.29) is 18.3 Å². The highest BCUT2D eigenvalue weighted by Crippen LogP contribution is 2.34. The Morgan fingerprint density at radius 3 is 2.60 bits per heavy atom. The number of nitrogens with two attached hydrogens (primary N) is 1. The topological polar surface area (TPSA) is 71.2 Å². The zero-order chi connectivity index (χ0) is 18.6. The van der Waals surface area contributed by atoms with Crippen LogP contribution in [0.4, 0.5) is 24.0 Å². The third kappa shape index (κ3) is 5.43. The van der Waals surface area contributed by atoms with Crippen molar-refractivity contribution in [1.82, 2.24) is 9.88 Å². The summed E-state index contributed by atoms with van der Waals surface area (Å²) in [6, 6.07) is 4.94. The number of aromatic nitrogens is 1. The van der Waals surface area contributed by atoms with Gasteiger partial charge in [0.25, 0.3) is 0 Å². The van der Waals surface area contributed by atoms with E-state index in [1.165, 1.54) is 29.5 Å². The molecule has 0 bridgehead atoms. The highest BCUT2D eigenvalue weighted by atomic mass is 32.1. The Morgan fingerprint density at radius 2 is 2.04 bits per heavy atom. The van der Waals surface area contributed by atoms with Crippen LogP contribution < -0.4 is 11.1 Å². The molecule has 1 heterocycles. The van der Waals surface area contributed by atoms with E-state index in [1.54, 1.807) is 6.20 Å². The Labute approximate surface area is 147 Å². The fourth-order valence-electron chi connectivity index (χ4n) is 2.23. The largest absolute Gasteiger partial charge is 0.418 e. The summed E-state index contributed by atoms with van der Waals surface area (Å²) in [5, 5.41) is 2.79. The van der Waals surface area contributed by atoms with E-state index in [0.717, 1.165) is 10.9 Å². The molecule has 0 radical (unpaired) electrons. The monoisotopic (exact) mass is 372 g/mol. The number of carbonyl (C=O) groups is 1. The van der Waals surface area contributed by atoms with Crippen LogP contribution in [-0.2, 0) is 17.5 Å². The van der Waals surface area contributed by atoms with Crippen LogP contribution in [0.15, 0.2) is 30.5 Å². The summed E-state index contributed by atoms with van der Waals surface area (Å²) in [6.45, 7) is 4.21. The molecule has 9 heteroatoms. The van der Waals surface area contributed by atoms with Crippen LogP contribution in [0.1, 0.15) is 24.3 Å². The van der Waals surface area contributed by atoms with Gasteiger partial charge < -0.3 is 11.1 Å². The first-order valence-electron chi connectivity index (χ1n) is 7.57. The molecule has 0 aliphatic rings. The lowest BCUT2D eigenvalue weighted by Gasteiger charge is -2.25. The number of nitrogens with one attached hydrogen (secondary N) is 1. The van der Waals surface area contributed by atoms with Crippen LogP contribution in [0.3, 0.4) is 0 Å². The van der Waals surface area contributed by atoms with Gasteiger partial charge in [-0.25, -0.2) is 4.98 Å². The maximum absolute atomic E-state index is 13.0. The van der Waals surface area contributed by atoms with E-state index < -0.39 is 17.6 Å². The third-order valence-corrected chi connectivity index (χ3v) is 4.33. The maximum atomic E-state index is 13.0. The summed E-state index contributed by atoms with van der Waals surface area (Å²) in [5.41, 5.74) is 4.48. The van der Waals surface area contributed by atoms with E-state index in [9.17, 15) is 18.0 Å². The van der Waals surface area contributed by atoms with Crippen LogP contribution in [-0.4, -0.2) is 28.4 Å². The molecule has 0 aliphatic carbocycles. The number of carbonyl (C=O) groups excluding carboxylic acids is 1. The number of hydrogen-bond donors (Lipinski definition) is 2. The first-order valence-corrected chi connectivity index (χ1v) is 8.38. The fourth-order valence-corrected chi connectivity index (χ4v) is 2.94. The third-order valence-electron chi connectivity index (χ3n) is 3.51. The number of rotatable bonds is 6. The van der Waals surface area contributed by atoms with Gasteiger partial charge in [-0.3, -0.25) is 9.69 Å². The number of alkyl halides is 3. The molecule has 136 valence electrons. The smallest absolute Gasteiger partial charge is 0.375 e. The molecule has 0 atom stereocenters. The number of amides is 1. The number of anilines is 2. The number of hydrogen-bond acceptors (Lipinski definition) is 5. The molecular formula is C16H19F3N4OS. The summed E-state index contributed by atoms with van der Waals surface area (Å²) in [5.74, 6) is -0.511. The average Bonchev–Trinajstić information content (AvgIpc) is 2.91. The second-order valence-electron chi connectivity index (χ2n) is 5.76. The van der Waals surface area contributed by atoms with Crippen molar-refractivity contribution in [3.8, 4) is 0 Å². The summed E-state index contributed by atoms with van der Waals surface area (Å²) >= 11 is 1.31. The molecule has 0 saturated heterocycles. The predicted octanol–water partition coefficient (Wildman–Crippen LogP) is 3.59. The highest BCUT2D eigenvalue weighted by molar-refractivity contribution is 7.15. The molecule has 1 aromatic carbocycles. The van der Waals surface area contributed by atoms with Crippen molar-refractivity contribution >= 4 is 28.1 Å². The zero-order valence-electron chi connectivity index (χ0n) is 13.8. The number of benzene rings is 1. The van der Waals surface area contributed by atoms with Gasteiger partial charge in [-0.1, -0.05) is 12.1 Å². The van der Waals surface area contributed by atoms with Crippen molar-refractivity contribution in [2.75, 3.05) is 17.6 Å². The second kappa shape index (κ2) is 7.83. The zero-order valence-corrected chi connectivity index (χ0v) is 14.6. The number of thiazole rings is 1. The predicted molar refractivity (Wildman–Crippen MR) is 92.1 cm³/mol. The van der Waals surface area contributed by atoms with Gasteiger partial charge in [-0.15, -0.1) is 11.3 Å². The molecule has 0 aliphatic heterocycles. The van der Waals surface area contributed by atoms with E-state index in [0.29, 0.717) is 11.7 Å². The molecule has 0 unspecified atom stereocenters. The SMILES string of the molecule is CC(C)N(CC(=O)Nc1ccccc1C(F)(F)F)Cc1cnc(N)s1. The molecule has 2 aromatic rings. The highest BCUT2D eigenvalue weighted by Gasteiger charge is 2.33. The van der Waals surface area contributed by atoms with Crippen molar-refractivity contribution in [3.05, 3.63) is 40.9 Å². The van der Waals surface area contributed by atoms with Crippen molar-refractivity contribution in [2.45, 2.75) is 32.6 Å². The average molecular weight is 372 g/mol. The molecule has 5 nitrogen and oxygen atoms in total. The second-order valence-corrected chi connectivity index (χ2v) is 6.90. The Morgan fingerprint density at radius 1 is 1.36 bits per heavy atom. The first-order chi connectivity index (χ1) is 11.7. The van der Waals surface area contributed by atoms with E-state index >= 15 is 0 Å². The Kier molecular flexibility index (Phi) is 6.02. The van der Waals surface area contributed by atoms with Gasteiger partial charge >= 0.3 is 6.18 Å². The van der Waals surface area contributed by atoms with Crippen LogP contribution in [0.25, 0.3) is 0 Å². The van der Waals surface area contributed by atoms with E-state index in [2.05, 4.69) is 10.3 Å². The van der Waals surface area contributed by atoms with Crippen LogP contribution in [0, 0.1) is 0 Å². The fraction of sp³-hybridized carbons (Fsp3) is 0.375. The molecule has 0 fully saturated rings. The Hall–Kier alpha value is -2.13. The van der Waals surface area contributed by atoms with Crippen LogP contribution in [0.2, 0.25) is 0 Å². The minimum Gasteiger partial charge on any atom is -0.375 e. The molecule has 0 saturated carbocycles. The van der Waals surface area contributed by atoms with Gasteiger partial charge in [0.05, 0.1) is 17.8 Å². The van der Waals surface area contributed by atoms with Gasteiger partial charge in [-0.05, 0) is 26.0 Å². The quantitative estimate of drug-likeness (QED) is 0.813. The van der Waals surface area contributed by atoms with Crippen molar-refractivity contribution in [2.24, 2.45) is 0 Å². The molecular weight excluding hydrogens is 353 g/mol. The van der Waals surface area contributed by atoms with Crippen LogP contribution >= 0.6 is 11.3 Å². The van der Waals surface area contributed by atoms with Gasteiger partial charge in [0.2, 0.25) is 5.91 Å². The molecule has 0 spiro atoms. The van der Waals surface area contributed by atoms with E-state index in [4.69, 9.17) is 5.73 Å². The molecule has 25 heavy (non-hydrogen) atoms. The number of halogens is 3. The number of para-hydroxylation sites is 1. The van der Waals surface area contributed by atoms with E-state index in [1.807, 2.05) is 18.7 Å². The molecule has 2 rings (SSSR count). The maximum Gasteiger partial charge on any atom is 0.418 e. The van der Waals surface area contributed by atoms with Gasteiger partial charge in [0, 0.05) is 23.7 Å². The standard InChI is InChI=1S/C16H19F3N4OS/c1-10(2)23(8-11-7-21-15(20)25-11)9-14(24)22-13-6-4-3-5-12(13)16(17,18)19/h3-7,10H,8-9H2,1-2H3,(H2,20,21)(H,22,24). The molecule has 1 amide bonds. The lowest BCUT2D eigenvalue weighted by atomic mass is 10.1. The van der Waals surface area contributed by atoms with Crippen LogP contribution in [0.5, 0.6) is 0 Å². The van der Waals surface area contributed by atoms with Gasteiger partial charge in [-0.2, -0.15) is 13.2 Å². The minimum absolute atomic E-state index is 0.0203. The number of nitrogen functional groups attached to an aromatic ring is 1. The Bertz CT molecular complexity index is 730. The lowest BCUT2D eigenvalue weighted by Crippen LogP contribution is -2.37. The normalized spacial score (nSPS) is 12.0. The summed E-state index contributed by atoms with van der Waals surface area (Å²) in [7, 11) is 0. The van der Waals surface area contributed by atoms with Crippen molar-refractivity contribution < 1.29 is 18.0 Å². The van der Waals surface area contributed by atoms with Gasteiger partial charge in [0.15, 0.2) is 5.13 Å². The summed E-state index contributed by atoms with van der Waals surface area (Å²) in [4.78, 5) is 18.9. The van der Waals surface area contributed by atoms with Crippen molar-refractivity contribution in [3.63, 3.8) is 0 Å². The number of nitrogens with zero attached hydrogens (tertiary/aromatic N) is 2. The molecule has 1 aromatic heterocycles. The first kappa shape index (κ1) is 19.2. The molecule has 3 N–H and O–H groups in total. The lowest BCUT2D eigenvalue weighted by molar-refractivity contribution is -0.137. The minimum atomic E-state index is -4.53. The Balaban J connectivity index is 2.07. The summed E-state index contributed by atoms with van der Waals surface area (Å²) < 4.78 is 39.0. The van der Waals surface area contributed by atoms with Gasteiger partial charge in [0.1, 0.15) is 0 Å². The van der Waals surface area contributed by atoms with Crippen molar-refractivity contribution in [1.29, 1.82) is 0 Å². The summed E-state index contributed by atoms with van der Waals surface area (Å²) in [6.07, 6.45) is -2.89.